The van der Waals surface area contributed by atoms with Gasteiger partial charge in [0.1, 0.15) is 0 Å². The van der Waals surface area contributed by atoms with Gasteiger partial charge in [-0.25, -0.2) is 0 Å². The summed E-state index contributed by atoms with van der Waals surface area (Å²) in [6, 6.07) is 3.56. The van der Waals surface area contributed by atoms with Crippen molar-refractivity contribution in [2.45, 2.75) is 12.6 Å². The third kappa shape index (κ3) is 2.06. The Bertz CT molecular complexity index is 433. The van der Waals surface area contributed by atoms with Gasteiger partial charge in [0, 0.05) is 6.54 Å². The van der Waals surface area contributed by atoms with Gasteiger partial charge in [-0.3, -0.25) is 4.79 Å². The van der Waals surface area contributed by atoms with E-state index in [9.17, 15) is 9.90 Å². The first-order valence-electron chi connectivity index (χ1n) is 5.31. The van der Waals surface area contributed by atoms with E-state index in [1.54, 1.807) is 26.4 Å². The molecule has 1 aliphatic rings. The summed E-state index contributed by atoms with van der Waals surface area (Å²) >= 11 is 0. The smallest absolute Gasteiger partial charge is 0.210 e. The van der Waals surface area contributed by atoms with Crippen LogP contribution in [0.3, 0.4) is 0 Å². The second kappa shape index (κ2) is 4.63. The summed E-state index contributed by atoms with van der Waals surface area (Å²) in [5.74, 6) is 1.19. The molecule has 0 bridgehead atoms. The van der Waals surface area contributed by atoms with Gasteiger partial charge in [-0.2, -0.15) is 0 Å². The zero-order valence-corrected chi connectivity index (χ0v) is 9.84. The molecule has 0 aliphatic carbocycles. The molecule has 0 saturated carbocycles. The number of carbonyl (C=O) groups excluding carboxylic acids is 1. The molecule has 1 unspecified atom stereocenters. The highest BCUT2D eigenvalue weighted by Gasteiger charge is 2.24. The van der Waals surface area contributed by atoms with Crippen molar-refractivity contribution in [1.29, 1.82) is 0 Å². The Morgan fingerprint density at radius 3 is 2.59 bits per heavy atom. The van der Waals surface area contributed by atoms with Crippen LogP contribution in [-0.2, 0) is 11.3 Å². The van der Waals surface area contributed by atoms with Gasteiger partial charge < -0.3 is 19.5 Å². The number of aliphatic hydroxyl groups is 1. The third-order valence-electron chi connectivity index (χ3n) is 2.93. The molecule has 92 valence electrons. The summed E-state index contributed by atoms with van der Waals surface area (Å²) in [7, 11) is 3.11. The second-order valence-electron chi connectivity index (χ2n) is 3.96. The lowest BCUT2D eigenvalue weighted by atomic mass is 9.97. The first-order valence-corrected chi connectivity index (χ1v) is 5.31. The van der Waals surface area contributed by atoms with Crippen LogP contribution in [0.2, 0.25) is 0 Å². The fourth-order valence-electron chi connectivity index (χ4n) is 2.07. The number of rotatable bonds is 3. The summed E-state index contributed by atoms with van der Waals surface area (Å²) in [5, 5.41) is 9.95. The lowest BCUT2D eigenvalue weighted by Gasteiger charge is -2.30. The van der Waals surface area contributed by atoms with Gasteiger partial charge in [0.15, 0.2) is 11.5 Å². The van der Waals surface area contributed by atoms with Gasteiger partial charge in [0.05, 0.1) is 26.9 Å². The number of amides is 1. The van der Waals surface area contributed by atoms with Crippen molar-refractivity contribution in [3.8, 4) is 11.5 Å². The quantitative estimate of drug-likeness (QED) is 0.786. The number of hydrogen-bond donors (Lipinski definition) is 1. The predicted molar refractivity (Wildman–Crippen MR) is 61.0 cm³/mol. The Labute approximate surface area is 99.6 Å². The lowest BCUT2D eigenvalue weighted by molar-refractivity contribution is -0.120. The summed E-state index contributed by atoms with van der Waals surface area (Å²) < 4.78 is 10.4. The van der Waals surface area contributed by atoms with Crippen molar-refractivity contribution < 1.29 is 19.4 Å². The van der Waals surface area contributed by atoms with Crippen LogP contribution in [0, 0.1) is 0 Å². The maximum Gasteiger partial charge on any atom is 0.210 e. The summed E-state index contributed by atoms with van der Waals surface area (Å²) in [6.45, 7) is 0.794. The monoisotopic (exact) mass is 237 g/mol. The van der Waals surface area contributed by atoms with Crippen molar-refractivity contribution in [2.75, 3.05) is 20.8 Å². The molecule has 17 heavy (non-hydrogen) atoms. The molecular formula is C12H15NO4. The van der Waals surface area contributed by atoms with E-state index in [4.69, 9.17) is 9.47 Å². The molecule has 0 spiro atoms. The van der Waals surface area contributed by atoms with E-state index in [0.717, 1.165) is 17.5 Å². The summed E-state index contributed by atoms with van der Waals surface area (Å²) in [4.78, 5) is 12.3. The largest absolute Gasteiger partial charge is 0.493 e. The first-order chi connectivity index (χ1) is 8.19. The van der Waals surface area contributed by atoms with E-state index >= 15 is 0 Å². The van der Waals surface area contributed by atoms with E-state index in [0.29, 0.717) is 24.6 Å². The van der Waals surface area contributed by atoms with Crippen molar-refractivity contribution in [1.82, 2.24) is 4.90 Å². The molecule has 1 heterocycles. The predicted octanol–water partition coefficient (Wildman–Crippen LogP) is 0.709. The maximum atomic E-state index is 10.8. The Hall–Kier alpha value is -1.75. The minimum atomic E-state index is -0.677. The van der Waals surface area contributed by atoms with E-state index in [-0.39, 0.29) is 0 Å². The van der Waals surface area contributed by atoms with Crippen LogP contribution in [0.25, 0.3) is 0 Å². The number of benzene rings is 1. The highest BCUT2D eigenvalue weighted by atomic mass is 16.5. The van der Waals surface area contributed by atoms with E-state index in [2.05, 4.69) is 0 Å². The van der Waals surface area contributed by atoms with Crippen molar-refractivity contribution in [2.24, 2.45) is 0 Å². The summed E-state index contributed by atoms with van der Waals surface area (Å²) in [6.07, 6.45) is 0.0619. The molecule has 1 aromatic rings. The number of aliphatic hydroxyl groups excluding tert-OH is 1. The number of hydrogen-bond acceptors (Lipinski definition) is 4. The third-order valence-corrected chi connectivity index (χ3v) is 2.93. The number of nitrogens with zero attached hydrogens (tertiary/aromatic N) is 1. The van der Waals surface area contributed by atoms with E-state index < -0.39 is 6.10 Å². The zero-order chi connectivity index (χ0) is 12.4. The van der Waals surface area contributed by atoms with Gasteiger partial charge in [-0.1, -0.05) is 0 Å². The molecule has 1 aliphatic heterocycles. The zero-order valence-electron chi connectivity index (χ0n) is 9.84. The highest BCUT2D eigenvalue weighted by Crippen LogP contribution is 2.36. The van der Waals surface area contributed by atoms with E-state index in [1.165, 1.54) is 4.90 Å². The molecule has 0 fully saturated rings. The Morgan fingerprint density at radius 2 is 2.00 bits per heavy atom. The average Bonchev–Trinajstić information content (AvgIpc) is 2.36. The molecule has 1 aromatic carbocycles. The van der Waals surface area contributed by atoms with Gasteiger partial charge in [-0.15, -0.1) is 0 Å². The number of ether oxygens (including phenoxy) is 2. The van der Waals surface area contributed by atoms with Gasteiger partial charge >= 0.3 is 0 Å². The molecule has 5 nitrogen and oxygen atoms in total. The van der Waals surface area contributed by atoms with Crippen LogP contribution in [0.4, 0.5) is 0 Å². The molecule has 1 atom stereocenters. The van der Waals surface area contributed by atoms with Crippen LogP contribution in [0.5, 0.6) is 11.5 Å². The second-order valence-corrected chi connectivity index (χ2v) is 3.96. The van der Waals surface area contributed by atoms with Crippen molar-refractivity contribution in [3.05, 3.63) is 23.3 Å². The standard InChI is InChI=1S/C12H15NO4/c1-16-11-3-8-5-13(7-14)6-10(15)9(8)4-12(11)17-2/h3-4,7,10,15H,5-6H2,1-2H3. The van der Waals surface area contributed by atoms with Crippen molar-refractivity contribution >= 4 is 6.41 Å². The minimum Gasteiger partial charge on any atom is -0.493 e. The SMILES string of the molecule is COc1cc2c(cc1OC)C(O)CN(C=O)C2. The molecular weight excluding hydrogens is 222 g/mol. The lowest BCUT2D eigenvalue weighted by Crippen LogP contribution is -2.32. The van der Waals surface area contributed by atoms with Crippen LogP contribution < -0.4 is 9.47 Å². The topological polar surface area (TPSA) is 59.0 Å². The van der Waals surface area contributed by atoms with Gasteiger partial charge in [0.25, 0.3) is 0 Å². The Balaban J connectivity index is 2.45. The number of β-amino-alcohol motifs (C(OH)–C–C–N with tert-alkyl or cyclic N) is 1. The first kappa shape index (κ1) is 11.7. The minimum absolute atomic E-state index is 0.311. The van der Waals surface area contributed by atoms with Crippen molar-refractivity contribution in [3.63, 3.8) is 0 Å². The fraction of sp³-hybridized carbons (Fsp3) is 0.417. The molecule has 2 rings (SSSR count). The average molecular weight is 237 g/mol. The normalized spacial score (nSPS) is 18.5. The Morgan fingerprint density at radius 1 is 1.35 bits per heavy atom. The molecule has 0 saturated heterocycles. The van der Waals surface area contributed by atoms with Gasteiger partial charge in [-0.05, 0) is 23.3 Å². The van der Waals surface area contributed by atoms with Gasteiger partial charge in [0.2, 0.25) is 6.41 Å². The fourth-order valence-corrected chi connectivity index (χ4v) is 2.07. The number of carbonyl (C=O) groups is 1. The number of fused-ring (bicyclic) bond motifs is 1. The molecule has 5 heteroatoms. The summed E-state index contributed by atoms with van der Waals surface area (Å²) in [5.41, 5.74) is 1.68. The number of methoxy groups -OCH3 is 2. The molecule has 0 radical (unpaired) electrons. The van der Waals surface area contributed by atoms with Crippen LogP contribution >= 0.6 is 0 Å². The van der Waals surface area contributed by atoms with Crippen LogP contribution in [0.1, 0.15) is 17.2 Å². The van der Waals surface area contributed by atoms with Crippen LogP contribution in [0.15, 0.2) is 12.1 Å². The molecule has 1 N–H and O–H groups in total. The molecule has 0 aromatic heterocycles. The highest BCUT2D eigenvalue weighted by molar-refractivity contribution is 5.53. The maximum absolute atomic E-state index is 10.8. The Kier molecular flexibility index (Phi) is 3.19. The molecule has 1 amide bonds. The van der Waals surface area contributed by atoms with E-state index in [1.807, 2.05) is 0 Å². The van der Waals surface area contributed by atoms with Crippen LogP contribution in [-0.4, -0.2) is 37.2 Å².